The van der Waals surface area contributed by atoms with Crippen LogP contribution >= 0.6 is 0 Å². The standard InChI is InChI=1S/C16H23FN4O/c1-2-7-18-16(22)19-8-9-20-10-12-21(13-11-20)15-5-3-14(17)4-6-15/h2-6H,1,7-13H2,(H2,18,19,22). The second-order valence-electron chi connectivity index (χ2n) is 5.23. The lowest BCUT2D eigenvalue weighted by molar-refractivity contribution is 0.233. The number of anilines is 1. The first-order valence-corrected chi connectivity index (χ1v) is 7.54. The van der Waals surface area contributed by atoms with Gasteiger partial charge in [-0.15, -0.1) is 6.58 Å². The quantitative estimate of drug-likeness (QED) is 0.782. The molecule has 2 N–H and O–H groups in total. The van der Waals surface area contributed by atoms with Gasteiger partial charge >= 0.3 is 6.03 Å². The number of piperazine rings is 1. The zero-order chi connectivity index (χ0) is 15.8. The summed E-state index contributed by atoms with van der Waals surface area (Å²) >= 11 is 0. The van der Waals surface area contributed by atoms with Crippen molar-refractivity contribution in [3.63, 3.8) is 0 Å². The number of carbonyl (C=O) groups excluding carboxylic acids is 1. The molecule has 0 aliphatic carbocycles. The van der Waals surface area contributed by atoms with Gasteiger partial charge in [-0.2, -0.15) is 0 Å². The first-order chi connectivity index (χ1) is 10.7. The third-order valence-corrected chi connectivity index (χ3v) is 3.68. The fourth-order valence-electron chi connectivity index (χ4n) is 2.44. The van der Waals surface area contributed by atoms with Crippen molar-refractivity contribution in [3.05, 3.63) is 42.7 Å². The highest BCUT2D eigenvalue weighted by Gasteiger charge is 2.16. The molecule has 1 aromatic rings. The lowest BCUT2D eigenvalue weighted by atomic mass is 10.2. The summed E-state index contributed by atoms with van der Waals surface area (Å²) in [6, 6.07) is 6.46. The third kappa shape index (κ3) is 5.04. The molecule has 0 atom stereocenters. The van der Waals surface area contributed by atoms with Crippen molar-refractivity contribution in [2.45, 2.75) is 0 Å². The molecule has 1 fully saturated rings. The number of hydrogen-bond donors (Lipinski definition) is 2. The van der Waals surface area contributed by atoms with Gasteiger partial charge in [0.15, 0.2) is 0 Å². The minimum Gasteiger partial charge on any atom is -0.369 e. The molecule has 1 aromatic carbocycles. The van der Waals surface area contributed by atoms with E-state index in [9.17, 15) is 9.18 Å². The van der Waals surface area contributed by atoms with Gasteiger partial charge in [-0.1, -0.05) is 6.08 Å². The van der Waals surface area contributed by atoms with Crippen molar-refractivity contribution < 1.29 is 9.18 Å². The van der Waals surface area contributed by atoms with Crippen molar-refractivity contribution in [1.82, 2.24) is 15.5 Å². The number of amides is 2. The van der Waals surface area contributed by atoms with Gasteiger partial charge in [0.05, 0.1) is 0 Å². The van der Waals surface area contributed by atoms with Gasteiger partial charge in [0.1, 0.15) is 5.82 Å². The second-order valence-corrected chi connectivity index (χ2v) is 5.23. The summed E-state index contributed by atoms with van der Waals surface area (Å²) in [7, 11) is 0. The van der Waals surface area contributed by atoms with Crippen LogP contribution in [-0.2, 0) is 0 Å². The van der Waals surface area contributed by atoms with Crippen molar-refractivity contribution in [2.24, 2.45) is 0 Å². The van der Waals surface area contributed by atoms with Crippen molar-refractivity contribution in [2.75, 3.05) is 50.7 Å². The zero-order valence-electron chi connectivity index (χ0n) is 12.7. The number of urea groups is 1. The Morgan fingerprint density at radius 1 is 1.18 bits per heavy atom. The van der Waals surface area contributed by atoms with Gasteiger partial charge in [-0.25, -0.2) is 9.18 Å². The predicted molar refractivity (Wildman–Crippen MR) is 86.7 cm³/mol. The molecule has 1 heterocycles. The SMILES string of the molecule is C=CCNC(=O)NCCN1CCN(c2ccc(F)cc2)CC1. The van der Waals surface area contributed by atoms with E-state index in [4.69, 9.17) is 0 Å². The minimum absolute atomic E-state index is 0.162. The first kappa shape index (κ1) is 16.3. The van der Waals surface area contributed by atoms with Gasteiger partial charge in [0.25, 0.3) is 0 Å². The monoisotopic (exact) mass is 306 g/mol. The van der Waals surface area contributed by atoms with E-state index in [-0.39, 0.29) is 11.8 Å². The second kappa shape index (κ2) is 8.38. The van der Waals surface area contributed by atoms with E-state index in [1.54, 1.807) is 6.08 Å². The Hall–Kier alpha value is -2.08. The van der Waals surface area contributed by atoms with Gasteiger partial charge in [0, 0.05) is 51.5 Å². The zero-order valence-corrected chi connectivity index (χ0v) is 12.7. The Balaban J connectivity index is 1.66. The molecule has 6 heteroatoms. The van der Waals surface area contributed by atoms with Crippen LogP contribution in [0.4, 0.5) is 14.9 Å². The van der Waals surface area contributed by atoms with Crippen LogP contribution in [0.15, 0.2) is 36.9 Å². The van der Waals surface area contributed by atoms with Crippen LogP contribution in [0.3, 0.4) is 0 Å². The summed E-state index contributed by atoms with van der Waals surface area (Å²) in [5, 5.41) is 5.50. The Labute approximate surface area is 130 Å². The van der Waals surface area contributed by atoms with Crippen LogP contribution in [0, 0.1) is 5.82 Å². The molecular formula is C16H23FN4O. The molecule has 2 rings (SSSR count). The first-order valence-electron chi connectivity index (χ1n) is 7.54. The molecule has 1 saturated heterocycles. The topological polar surface area (TPSA) is 47.6 Å². The number of benzene rings is 1. The van der Waals surface area contributed by atoms with E-state index in [1.807, 2.05) is 12.1 Å². The fourth-order valence-corrected chi connectivity index (χ4v) is 2.44. The Bertz CT molecular complexity index is 483. The summed E-state index contributed by atoms with van der Waals surface area (Å²) in [5.74, 6) is -0.205. The maximum absolute atomic E-state index is 12.9. The molecule has 1 aliphatic rings. The minimum atomic E-state index is -0.205. The highest BCUT2D eigenvalue weighted by atomic mass is 19.1. The summed E-state index contributed by atoms with van der Waals surface area (Å²) < 4.78 is 12.9. The largest absolute Gasteiger partial charge is 0.369 e. The van der Waals surface area contributed by atoms with Crippen LogP contribution in [0.25, 0.3) is 0 Å². The van der Waals surface area contributed by atoms with Crippen molar-refractivity contribution >= 4 is 11.7 Å². The number of nitrogens with zero attached hydrogens (tertiary/aromatic N) is 2. The van der Waals surface area contributed by atoms with E-state index >= 15 is 0 Å². The van der Waals surface area contributed by atoms with Crippen LogP contribution < -0.4 is 15.5 Å². The van der Waals surface area contributed by atoms with Crippen LogP contribution in [0.1, 0.15) is 0 Å². The van der Waals surface area contributed by atoms with Crippen molar-refractivity contribution in [1.29, 1.82) is 0 Å². The summed E-state index contributed by atoms with van der Waals surface area (Å²) in [6.45, 7) is 9.18. The van der Waals surface area contributed by atoms with Crippen LogP contribution in [-0.4, -0.2) is 56.7 Å². The van der Waals surface area contributed by atoms with E-state index in [2.05, 4.69) is 27.0 Å². The molecule has 5 nitrogen and oxygen atoms in total. The van der Waals surface area contributed by atoms with E-state index in [0.29, 0.717) is 13.1 Å². The lowest BCUT2D eigenvalue weighted by Gasteiger charge is -2.36. The lowest BCUT2D eigenvalue weighted by Crippen LogP contribution is -2.49. The number of rotatable bonds is 6. The van der Waals surface area contributed by atoms with Crippen LogP contribution in [0.5, 0.6) is 0 Å². The van der Waals surface area contributed by atoms with Gasteiger partial charge in [-0.3, -0.25) is 4.90 Å². The number of nitrogens with one attached hydrogen (secondary N) is 2. The number of carbonyl (C=O) groups is 1. The van der Waals surface area contributed by atoms with E-state index < -0.39 is 0 Å². The third-order valence-electron chi connectivity index (χ3n) is 3.68. The maximum atomic E-state index is 12.9. The Kier molecular flexibility index (Phi) is 6.21. The summed E-state index contributed by atoms with van der Waals surface area (Å²) in [5.41, 5.74) is 1.06. The normalized spacial score (nSPS) is 15.4. The molecule has 22 heavy (non-hydrogen) atoms. The molecule has 1 aliphatic heterocycles. The maximum Gasteiger partial charge on any atom is 0.315 e. The molecule has 0 unspecified atom stereocenters. The molecule has 0 saturated carbocycles. The molecular weight excluding hydrogens is 283 g/mol. The highest BCUT2D eigenvalue weighted by Crippen LogP contribution is 2.16. The predicted octanol–water partition coefficient (Wildman–Crippen LogP) is 1.43. The van der Waals surface area contributed by atoms with Crippen LogP contribution in [0.2, 0.25) is 0 Å². The average Bonchev–Trinajstić information content (AvgIpc) is 2.54. The Morgan fingerprint density at radius 2 is 1.86 bits per heavy atom. The van der Waals surface area contributed by atoms with Gasteiger partial charge in [0.2, 0.25) is 0 Å². The molecule has 0 radical (unpaired) electrons. The fraction of sp³-hybridized carbons (Fsp3) is 0.438. The Morgan fingerprint density at radius 3 is 2.50 bits per heavy atom. The van der Waals surface area contributed by atoms with Gasteiger partial charge in [-0.05, 0) is 24.3 Å². The van der Waals surface area contributed by atoms with Crippen molar-refractivity contribution in [3.8, 4) is 0 Å². The van der Waals surface area contributed by atoms with E-state index in [1.165, 1.54) is 12.1 Å². The smallest absolute Gasteiger partial charge is 0.315 e. The van der Waals surface area contributed by atoms with Gasteiger partial charge < -0.3 is 15.5 Å². The summed E-state index contributed by atoms with van der Waals surface area (Å²) in [6.07, 6.45) is 1.65. The summed E-state index contributed by atoms with van der Waals surface area (Å²) in [4.78, 5) is 15.9. The molecule has 2 amide bonds. The molecule has 0 aromatic heterocycles. The molecule has 120 valence electrons. The molecule has 0 spiro atoms. The number of hydrogen-bond acceptors (Lipinski definition) is 3. The number of halogens is 1. The highest BCUT2D eigenvalue weighted by molar-refractivity contribution is 5.73. The molecule has 0 bridgehead atoms. The average molecular weight is 306 g/mol. The van der Waals surface area contributed by atoms with E-state index in [0.717, 1.165) is 38.4 Å².